The highest BCUT2D eigenvalue weighted by Gasteiger charge is 2.47. The van der Waals surface area contributed by atoms with Gasteiger partial charge < -0.3 is 10.2 Å². The van der Waals surface area contributed by atoms with E-state index >= 15 is 0 Å². The van der Waals surface area contributed by atoms with E-state index in [1.807, 2.05) is 30.3 Å². The van der Waals surface area contributed by atoms with Gasteiger partial charge in [-0.1, -0.05) is 30.3 Å². The Hall–Kier alpha value is -1.99. The summed E-state index contributed by atoms with van der Waals surface area (Å²) >= 11 is 0. The molecule has 0 aliphatic carbocycles. The summed E-state index contributed by atoms with van der Waals surface area (Å²) in [5.41, 5.74) is 1.15. The Morgan fingerprint density at radius 3 is 2.64 bits per heavy atom. The molecule has 0 unspecified atom stereocenters. The third-order valence-corrected chi connectivity index (χ3v) is 4.99. The van der Waals surface area contributed by atoms with Crippen molar-refractivity contribution in [3.63, 3.8) is 0 Å². The topological polar surface area (TPSA) is 50.2 Å². The summed E-state index contributed by atoms with van der Waals surface area (Å²) < 4.78 is 26.0. The van der Waals surface area contributed by atoms with E-state index in [1.54, 1.807) is 4.90 Å². The lowest BCUT2D eigenvalue weighted by Gasteiger charge is -2.27. The number of likely N-dealkylation sites (tertiary alicyclic amines) is 1. The molecule has 2 aliphatic rings. The van der Waals surface area contributed by atoms with Crippen molar-refractivity contribution >= 4 is 18.3 Å². The number of hydrogen-bond donors (Lipinski definition) is 1. The Morgan fingerprint density at radius 1 is 1.20 bits per heavy atom. The van der Waals surface area contributed by atoms with Crippen LogP contribution in [0.5, 0.6) is 0 Å². The lowest BCUT2D eigenvalue weighted by Crippen LogP contribution is -2.35. The average Bonchev–Trinajstić information content (AvgIpc) is 3.30. The zero-order valence-electron chi connectivity index (χ0n) is 13.4. The van der Waals surface area contributed by atoms with Crippen molar-refractivity contribution < 1.29 is 13.6 Å². The molecule has 3 atom stereocenters. The first-order valence-electron chi connectivity index (χ1n) is 8.05. The van der Waals surface area contributed by atoms with Crippen molar-refractivity contribution in [3.05, 3.63) is 53.9 Å². The van der Waals surface area contributed by atoms with Crippen molar-refractivity contribution in [1.29, 1.82) is 0 Å². The Balaban J connectivity index is 0.00000182. The Kier molecular flexibility index (Phi) is 5.06. The molecule has 0 bridgehead atoms. The standard InChI is InChI=1S/C17H18F2N4O.ClH/c18-17(19)23-7-6-14(21-23)16(24)22-10-12-8-20-9-13(12)15(22)11-4-2-1-3-5-11;/h1-7,12-13,15,17,20H,8-10H2;1H/t12-,13-,15+;/m0./s1. The van der Waals surface area contributed by atoms with Crippen LogP contribution in [0.25, 0.3) is 0 Å². The lowest BCUT2D eigenvalue weighted by atomic mass is 9.89. The second-order valence-corrected chi connectivity index (χ2v) is 6.35. The zero-order valence-corrected chi connectivity index (χ0v) is 14.2. The summed E-state index contributed by atoms with van der Waals surface area (Å²) in [6.07, 6.45) is 1.15. The summed E-state index contributed by atoms with van der Waals surface area (Å²) in [6, 6.07) is 11.2. The highest BCUT2D eigenvalue weighted by molar-refractivity contribution is 5.92. The van der Waals surface area contributed by atoms with Crippen LogP contribution < -0.4 is 5.32 Å². The van der Waals surface area contributed by atoms with Crippen LogP contribution in [0, 0.1) is 11.8 Å². The number of amides is 1. The number of nitrogens with zero attached hydrogens (tertiary/aromatic N) is 3. The smallest absolute Gasteiger partial charge is 0.330 e. The first-order chi connectivity index (χ1) is 11.6. The Labute approximate surface area is 150 Å². The molecule has 2 aliphatic heterocycles. The minimum Gasteiger partial charge on any atom is -0.330 e. The van der Waals surface area contributed by atoms with Crippen LogP contribution in [0.1, 0.15) is 28.6 Å². The molecular formula is C17H19ClF2N4O. The monoisotopic (exact) mass is 368 g/mol. The van der Waals surface area contributed by atoms with Crippen molar-refractivity contribution in [2.75, 3.05) is 19.6 Å². The molecule has 3 heterocycles. The van der Waals surface area contributed by atoms with Gasteiger partial charge in [-0.2, -0.15) is 13.9 Å². The lowest BCUT2D eigenvalue weighted by molar-refractivity contribution is 0.0547. The number of carbonyl (C=O) groups excluding carboxylic acids is 1. The summed E-state index contributed by atoms with van der Waals surface area (Å²) in [7, 11) is 0. The summed E-state index contributed by atoms with van der Waals surface area (Å²) in [6.45, 7) is -0.376. The number of rotatable bonds is 3. The second-order valence-electron chi connectivity index (χ2n) is 6.35. The molecule has 134 valence electrons. The number of alkyl halides is 2. The van der Waals surface area contributed by atoms with Gasteiger partial charge in [0.2, 0.25) is 0 Å². The zero-order chi connectivity index (χ0) is 16.7. The van der Waals surface area contributed by atoms with E-state index < -0.39 is 6.55 Å². The maximum Gasteiger partial charge on any atom is 0.333 e. The molecule has 2 saturated heterocycles. The van der Waals surface area contributed by atoms with Gasteiger partial charge in [0.25, 0.3) is 5.91 Å². The normalized spacial score (nSPS) is 25.1. The molecule has 1 amide bonds. The molecular weight excluding hydrogens is 350 g/mol. The van der Waals surface area contributed by atoms with E-state index in [4.69, 9.17) is 0 Å². The van der Waals surface area contributed by atoms with Gasteiger partial charge in [0.1, 0.15) is 0 Å². The highest BCUT2D eigenvalue weighted by atomic mass is 35.5. The molecule has 25 heavy (non-hydrogen) atoms. The molecule has 2 fully saturated rings. The second kappa shape index (κ2) is 7.09. The van der Waals surface area contributed by atoms with E-state index in [-0.39, 0.29) is 30.0 Å². The average molecular weight is 369 g/mol. The summed E-state index contributed by atoms with van der Waals surface area (Å²) in [5, 5.41) is 7.12. The molecule has 1 aromatic carbocycles. The van der Waals surface area contributed by atoms with Crippen LogP contribution in [0.15, 0.2) is 42.6 Å². The van der Waals surface area contributed by atoms with Gasteiger partial charge in [0, 0.05) is 31.7 Å². The van der Waals surface area contributed by atoms with Gasteiger partial charge in [-0.05, 0) is 17.5 Å². The molecule has 1 aromatic heterocycles. The number of carbonyl (C=O) groups is 1. The van der Waals surface area contributed by atoms with Gasteiger partial charge in [0.15, 0.2) is 5.69 Å². The molecule has 2 aromatic rings. The maximum absolute atomic E-state index is 12.9. The largest absolute Gasteiger partial charge is 0.333 e. The number of hydrogen-bond acceptors (Lipinski definition) is 3. The highest BCUT2D eigenvalue weighted by Crippen LogP contribution is 2.43. The predicted molar refractivity (Wildman–Crippen MR) is 90.8 cm³/mol. The third kappa shape index (κ3) is 3.14. The summed E-state index contributed by atoms with van der Waals surface area (Å²) in [5.74, 6) is 0.447. The van der Waals surface area contributed by atoms with Gasteiger partial charge in [0.05, 0.1) is 6.04 Å². The van der Waals surface area contributed by atoms with E-state index in [0.29, 0.717) is 23.1 Å². The van der Waals surface area contributed by atoms with Crippen LogP contribution in [-0.4, -0.2) is 40.2 Å². The molecule has 0 saturated carbocycles. The van der Waals surface area contributed by atoms with Gasteiger partial charge in [-0.3, -0.25) is 4.79 Å². The number of aromatic nitrogens is 2. The van der Waals surface area contributed by atoms with Crippen LogP contribution in [0.2, 0.25) is 0 Å². The molecule has 4 rings (SSSR count). The van der Waals surface area contributed by atoms with Crippen molar-refractivity contribution in [2.24, 2.45) is 11.8 Å². The fourth-order valence-electron chi connectivity index (χ4n) is 3.91. The van der Waals surface area contributed by atoms with Gasteiger partial charge in [-0.15, -0.1) is 12.4 Å². The third-order valence-electron chi connectivity index (χ3n) is 4.99. The van der Waals surface area contributed by atoms with Crippen molar-refractivity contribution in [2.45, 2.75) is 12.6 Å². The SMILES string of the molecule is Cl.O=C(c1ccn(C(F)F)n1)N1C[C@@H]2CNC[C@@H]2[C@H]1c1ccccc1. The van der Waals surface area contributed by atoms with Crippen LogP contribution in [-0.2, 0) is 0 Å². The molecule has 1 N–H and O–H groups in total. The fourth-order valence-corrected chi connectivity index (χ4v) is 3.91. The van der Waals surface area contributed by atoms with E-state index in [0.717, 1.165) is 24.8 Å². The van der Waals surface area contributed by atoms with E-state index in [1.165, 1.54) is 6.07 Å². The van der Waals surface area contributed by atoms with Crippen molar-refractivity contribution in [3.8, 4) is 0 Å². The molecule has 5 nitrogen and oxygen atoms in total. The number of halogens is 3. The van der Waals surface area contributed by atoms with E-state index in [2.05, 4.69) is 10.4 Å². The van der Waals surface area contributed by atoms with Gasteiger partial charge >= 0.3 is 6.55 Å². The molecule has 0 radical (unpaired) electrons. The Morgan fingerprint density at radius 2 is 1.96 bits per heavy atom. The Bertz CT molecular complexity index is 739. The first-order valence-corrected chi connectivity index (χ1v) is 8.05. The summed E-state index contributed by atoms with van der Waals surface area (Å²) in [4.78, 5) is 14.7. The quantitative estimate of drug-likeness (QED) is 0.906. The first kappa shape index (κ1) is 17.8. The number of fused-ring (bicyclic) bond motifs is 1. The predicted octanol–water partition coefficient (Wildman–Crippen LogP) is 2.73. The number of benzene rings is 1. The van der Waals surface area contributed by atoms with Crippen LogP contribution >= 0.6 is 12.4 Å². The van der Waals surface area contributed by atoms with Crippen LogP contribution in [0.4, 0.5) is 8.78 Å². The number of nitrogens with one attached hydrogen (secondary N) is 1. The fraction of sp³-hybridized carbons (Fsp3) is 0.412. The minimum absolute atomic E-state index is 0. The van der Waals surface area contributed by atoms with E-state index in [9.17, 15) is 13.6 Å². The van der Waals surface area contributed by atoms with Gasteiger partial charge in [-0.25, -0.2) is 4.68 Å². The molecule has 0 spiro atoms. The van der Waals surface area contributed by atoms with Crippen molar-refractivity contribution in [1.82, 2.24) is 20.0 Å². The minimum atomic E-state index is -2.74. The molecule has 8 heteroatoms. The maximum atomic E-state index is 12.9. The van der Waals surface area contributed by atoms with Crippen LogP contribution in [0.3, 0.4) is 0 Å².